The Morgan fingerprint density at radius 3 is 2.72 bits per heavy atom. The number of aromatic nitrogens is 1. The summed E-state index contributed by atoms with van der Waals surface area (Å²) >= 11 is 0. The number of hydrogen-bond acceptors (Lipinski definition) is 3. The lowest BCUT2D eigenvalue weighted by molar-refractivity contribution is 0.112. The molecule has 0 aliphatic heterocycles. The van der Waals surface area contributed by atoms with Crippen molar-refractivity contribution in [3.8, 4) is 11.6 Å². The minimum atomic E-state index is 0.348. The van der Waals surface area contributed by atoms with Crippen LogP contribution in [0.15, 0.2) is 30.5 Å². The number of hydrogen-bond donors (Lipinski definition) is 0. The first-order valence-corrected chi connectivity index (χ1v) is 5.77. The lowest BCUT2D eigenvalue weighted by Gasteiger charge is -2.12. The smallest absolute Gasteiger partial charge is 0.229 e. The molecule has 18 heavy (non-hydrogen) atoms. The van der Waals surface area contributed by atoms with Gasteiger partial charge in [-0.1, -0.05) is 6.07 Å². The summed E-state index contributed by atoms with van der Waals surface area (Å²) in [6.07, 6.45) is 2.36. The van der Waals surface area contributed by atoms with E-state index in [0.717, 1.165) is 28.7 Å². The Hall–Kier alpha value is -2.16. The normalized spacial score (nSPS) is 10.2. The van der Waals surface area contributed by atoms with E-state index in [4.69, 9.17) is 4.74 Å². The number of aryl methyl sites for hydroxylation is 2. The molecule has 0 spiro atoms. The molecule has 0 fully saturated rings. The maximum absolute atomic E-state index is 10.9. The molecule has 1 aromatic heterocycles. The van der Waals surface area contributed by atoms with Gasteiger partial charge in [-0.25, -0.2) is 4.98 Å². The van der Waals surface area contributed by atoms with E-state index < -0.39 is 0 Å². The molecule has 0 amide bonds. The first-order valence-electron chi connectivity index (χ1n) is 5.77. The van der Waals surface area contributed by atoms with Gasteiger partial charge in [0.05, 0.1) is 5.56 Å². The summed E-state index contributed by atoms with van der Waals surface area (Å²) in [5.41, 5.74) is 3.80. The maximum atomic E-state index is 10.9. The summed E-state index contributed by atoms with van der Waals surface area (Å²) in [5.74, 6) is 1.09. The van der Waals surface area contributed by atoms with Crippen LogP contribution < -0.4 is 4.74 Å². The average molecular weight is 241 g/mol. The third-order valence-electron chi connectivity index (χ3n) is 2.90. The Kier molecular flexibility index (Phi) is 3.42. The van der Waals surface area contributed by atoms with Crippen molar-refractivity contribution < 1.29 is 9.53 Å². The molecule has 2 aromatic rings. The van der Waals surface area contributed by atoms with Crippen molar-refractivity contribution in [2.75, 3.05) is 0 Å². The van der Waals surface area contributed by atoms with Gasteiger partial charge in [-0.3, -0.25) is 4.79 Å². The summed E-state index contributed by atoms with van der Waals surface area (Å²) in [7, 11) is 0. The van der Waals surface area contributed by atoms with Gasteiger partial charge in [-0.15, -0.1) is 0 Å². The van der Waals surface area contributed by atoms with Gasteiger partial charge in [0.2, 0.25) is 5.88 Å². The SMILES string of the molecule is Cc1cc(C)c(C)c(Oc2ncccc2C=O)c1. The van der Waals surface area contributed by atoms with Crippen LogP contribution >= 0.6 is 0 Å². The third kappa shape index (κ3) is 2.40. The minimum Gasteiger partial charge on any atom is -0.438 e. The molecule has 2 rings (SSSR count). The zero-order valence-electron chi connectivity index (χ0n) is 10.7. The number of nitrogens with zero attached hydrogens (tertiary/aromatic N) is 1. The zero-order chi connectivity index (χ0) is 13.1. The highest BCUT2D eigenvalue weighted by atomic mass is 16.5. The van der Waals surface area contributed by atoms with Gasteiger partial charge in [0, 0.05) is 6.20 Å². The molecule has 3 nitrogen and oxygen atoms in total. The lowest BCUT2D eigenvalue weighted by atomic mass is 10.1. The molecule has 0 saturated heterocycles. The summed E-state index contributed by atoms with van der Waals surface area (Å²) < 4.78 is 5.75. The quantitative estimate of drug-likeness (QED) is 0.770. The van der Waals surface area contributed by atoms with E-state index in [9.17, 15) is 4.79 Å². The van der Waals surface area contributed by atoms with Gasteiger partial charge in [0.15, 0.2) is 6.29 Å². The molecule has 0 aliphatic rings. The molecule has 0 unspecified atom stereocenters. The largest absolute Gasteiger partial charge is 0.438 e. The monoisotopic (exact) mass is 241 g/mol. The fraction of sp³-hybridized carbons (Fsp3) is 0.200. The van der Waals surface area contributed by atoms with Crippen LogP contribution in [0.5, 0.6) is 11.6 Å². The number of carbonyl (C=O) groups excluding carboxylic acids is 1. The highest BCUT2D eigenvalue weighted by molar-refractivity contribution is 5.78. The Morgan fingerprint density at radius 2 is 2.00 bits per heavy atom. The highest BCUT2D eigenvalue weighted by Gasteiger charge is 2.09. The molecular formula is C15H15NO2. The van der Waals surface area contributed by atoms with Crippen molar-refractivity contribution in [3.63, 3.8) is 0 Å². The molecule has 0 radical (unpaired) electrons. The topological polar surface area (TPSA) is 39.2 Å². The molecule has 0 aliphatic carbocycles. The summed E-state index contributed by atoms with van der Waals surface area (Å²) in [4.78, 5) is 15.0. The van der Waals surface area contributed by atoms with Crippen LogP contribution in [0.3, 0.4) is 0 Å². The Labute approximate surface area is 106 Å². The molecule has 0 N–H and O–H groups in total. The van der Waals surface area contributed by atoms with Crippen molar-refractivity contribution >= 4 is 6.29 Å². The second kappa shape index (κ2) is 5.00. The lowest BCUT2D eigenvalue weighted by Crippen LogP contribution is -1.96. The van der Waals surface area contributed by atoms with Crippen LogP contribution in [0, 0.1) is 20.8 Å². The maximum Gasteiger partial charge on any atom is 0.229 e. The summed E-state index contributed by atoms with van der Waals surface area (Å²) in [6, 6.07) is 7.45. The second-order valence-electron chi connectivity index (χ2n) is 4.32. The van der Waals surface area contributed by atoms with Crippen LogP contribution in [0.1, 0.15) is 27.0 Å². The van der Waals surface area contributed by atoms with Gasteiger partial charge >= 0.3 is 0 Å². The molecular weight excluding hydrogens is 226 g/mol. The van der Waals surface area contributed by atoms with Crippen molar-refractivity contribution in [2.24, 2.45) is 0 Å². The second-order valence-corrected chi connectivity index (χ2v) is 4.32. The third-order valence-corrected chi connectivity index (χ3v) is 2.90. The predicted molar refractivity (Wildman–Crippen MR) is 70.4 cm³/mol. The number of benzene rings is 1. The molecule has 0 atom stereocenters. The summed E-state index contributed by atoms with van der Waals surface area (Å²) in [5, 5.41) is 0. The molecule has 0 bridgehead atoms. The van der Waals surface area contributed by atoms with E-state index in [1.165, 1.54) is 0 Å². The van der Waals surface area contributed by atoms with Gasteiger partial charge in [0.25, 0.3) is 0 Å². The number of ether oxygens (including phenoxy) is 1. The van der Waals surface area contributed by atoms with Gasteiger partial charge in [0.1, 0.15) is 5.75 Å². The number of carbonyl (C=O) groups is 1. The van der Waals surface area contributed by atoms with Crippen LogP contribution in [-0.4, -0.2) is 11.3 Å². The number of aldehydes is 1. The molecule has 1 aromatic carbocycles. The van der Waals surface area contributed by atoms with E-state index >= 15 is 0 Å². The Morgan fingerprint density at radius 1 is 1.22 bits per heavy atom. The van der Waals surface area contributed by atoms with Crippen molar-refractivity contribution in [2.45, 2.75) is 20.8 Å². The van der Waals surface area contributed by atoms with Crippen LogP contribution in [-0.2, 0) is 0 Å². The van der Waals surface area contributed by atoms with Gasteiger partial charge in [-0.05, 0) is 55.7 Å². The van der Waals surface area contributed by atoms with E-state index in [2.05, 4.69) is 11.1 Å². The highest BCUT2D eigenvalue weighted by Crippen LogP contribution is 2.28. The predicted octanol–water partition coefficient (Wildman–Crippen LogP) is 3.61. The average Bonchev–Trinajstić information content (AvgIpc) is 2.36. The zero-order valence-corrected chi connectivity index (χ0v) is 10.7. The van der Waals surface area contributed by atoms with Crippen LogP contribution in [0.4, 0.5) is 0 Å². The van der Waals surface area contributed by atoms with E-state index in [1.54, 1.807) is 18.3 Å². The Balaban J connectivity index is 2.43. The van der Waals surface area contributed by atoms with Crippen LogP contribution in [0.2, 0.25) is 0 Å². The number of pyridine rings is 1. The molecule has 0 saturated carbocycles. The molecule has 1 heterocycles. The van der Waals surface area contributed by atoms with Crippen molar-refractivity contribution in [3.05, 3.63) is 52.7 Å². The van der Waals surface area contributed by atoms with Gasteiger partial charge < -0.3 is 4.74 Å². The van der Waals surface area contributed by atoms with E-state index in [1.807, 2.05) is 26.8 Å². The fourth-order valence-corrected chi connectivity index (χ4v) is 1.79. The van der Waals surface area contributed by atoms with Gasteiger partial charge in [-0.2, -0.15) is 0 Å². The standard InChI is InChI=1S/C15H15NO2/c1-10-7-11(2)12(3)14(8-10)18-15-13(9-17)5-4-6-16-15/h4-9H,1-3H3. The first kappa shape index (κ1) is 12.3. The minimum absolute atomic E-state index is 0.348. The van der Waals surface area contributed by atoms with E-state index in [0.29, 0.717) is 11.4 Å². The van der Waals surface area contributed by atoms with E-state index in [-0.39, 0.29) is 0 Å². The van der Waals surface area contributed by atoms with Crippen molar-refractivity contribution in [1.82, 2.24) is 4.98 Å². The number of rotatable bonds is 3. The van der Waals surface area contributed by atoms with Crippen molar-refractivity contribution in [1.29, 1.82) is 0 Å². The molecule has 92 valence electrons. The Bertz CT molecular complexity index is 591. The van der Waals surface area contributed by atoms with Crippen LogP contribution in [0.25, 0.3) is 0 Å². The molecule has 3 heteroatoms. The fourth-order valence-electron chi connectivity index (χ4n) is 1.79. The summed E-state index contributed by atoms with van der Waals surface area (Å²) in [6.45, 7) is 6.04. The first-order chi connectivity index (χ1) is 8.61.